The van der Waals surface area contributed by atoms with Crippen molar-refractivity contribution >= 4 is 27.3 Å². The number of hydrogen-bond acceptors (Lipinski definition) is 5. The van der Waals surface area contributed by atoms with Crippen molar-refractivity contribution < 1.29 is 0 Å². The van der Waals surface area contributed by atoms with Crippen LogP contribution in [0.1, 0.15) is 23.7 Å². The van der Waals surface area contributed by atoms with Crippen molar-refractivity contribution in [2.45, 2.75) is 19.4 Å². The smallest absolute Gasteiger partial charge is 0.176 e. The summed E-state index contributed by atoms with van der Waals surface area (Å²) >= 11 is 5.22. The Labute approximate surface area is 112 Å². The van der Waals surface area contributed by atoms with Crippen molar-refractivity contribution in [1.29, 1.82) is 0 Å². The molecule has 0 bridgehead atoms. The Hall–Kier alpha value is -0.790. The third-order valence-electron chi connectivity index (χ3n) is 2.32. The second-order valence-electron chi connectivity index (χ2n) is 3.65. The van der Waals surface area contributed by atoms with E-state index >= 15 is 0 Å². The first kappa shape index (κ1) is 12.7. The molecule has 0 fully saturated rings. The fourth-order valence-corrected chi connectivity index (χ4v) is 3.12. The predicted molar refractivity (Wildman–Crippen MR) is 70.9 cm³/mol. The number of thiophene rings is 1. The lowest BCUT2D eigenvalue weighted by Gasteiger charge is -2.13. The summed E-state index contributed by atoms with van der Waals surface area (Å²) in [4.78, 5) is 2.77. The number of nitrogens with one attached hydrogen (secondary N) is 1. The maximum atomic E-state index is 4.21. The molecule has 0 saturated heterocycles. The molecule has 0 radical (unpaired) electrons. The van der Waals surface area contributed by atoms with Gasteiger partial charge in [-0.25, -0.2) is 0 Å². The second kappa shape index (κ2) is 5.70. The van der Waals surface area contributed by atoms with E-state index < -0.39 is 0 Å². The Balaban J connectivity index is 2.12. The minimum absolute atomic E-state index is 0.250. The van der Waals surface area contributed by atoms with Crippen LogP contribution < -0.4 is 5.32 Å². The van der Waals surface area contributed by atoms with Crippen LogP contribution in [0, 0.1) is 0 Å². The highest BCUT2D eigenvalue weighted by Crippen LogP contribution is 2.28. The van der Waals surface area contributed by atoms with Crippen LogP contribution in [0.3, 0.4) is 0 Å². The number of hydrogen-bond donors (Lipinski definition) is 1. The van der Waals surface area contributed by atoms with Crippen LogP contribution in [0.5, 0.6) is 0 Å². The summed E-state index contributed by atoms with van der Waals surface area (Å²) in [6.07, 6.45) is 0.759. The van der Waals surface area contributed by atoms with Crippen LogP contribution >= 0.6 is 27.3 Å². The van der Waals surface area contributed by atoms with Crippen molar-refractivity contribution in [2.24, 2.45) is 7.05 Å². The zero-order valence-electron chi connectivity index (χ0n) is 9.72. The summed E-state index contributed by atoms with van der Waals surface area (Å²) in [5, 5.41) is 15.5. The van der Waals surface area contributed by atoms with Gasteiger partial charge in [-0.3, -0.25) is 0 Å². The minimum atomic E-state index is 0.250. The number of nitrogens with zero attached hydrogens (tertiary/aromatic N) is 4. The largest absolute Gasteiger partial charge is 0.309 e. The van der Waals surface area contributed by atoms with E-state index in [0.717, 1.165) is 22.6 Å². The quantitative estimate of drug-likeness (QED) is 0.916. The summed E-state index contributed by atoms with van der Waals surface area (Å²) in [7, 11) is 1.78. The molecule has 0 spiro atoms. The van der Waals surface area contributed by atoms with Gasteiger partial charge in [-0.1, -0.05) is 6.92 Å². The van der Waals surface area contributed by atoms with Crippen LogP contribution in [-0.2, 0) is 13.5 Å². The van der Waals surface area contributed by atoms with Gasteiger partial charge in [0, 0.05) is 17.3 Å². The van der Waals surface area contributed by atoms with E-state index in [1.165, 1.54) is 9.67 Å². The fourth-order valence-electron chi connectivity index (χ4n) is 1.62. The van der Waals surface area contributed by atoms with E-state index in [1.54, 1.807) is 18.4 Å². The van der Waals surface area contributed by atoms with Gasteiger partial charge in [-0.2, -0.15) is 4.80 Å². The van der Waals surface area contributed by atoms with Crippen molar-refractivity contribution in [3.05, 3.63) is 26.6 Å². The van der Waals surface area contributed by atoms with Gasteiger partial charge in [0.25, 0.3) is 0 Å². The number of tetrazole rings is 1. The number of aromatic nitrogens is 4. The molecule has 17 heavy (non-hydrogen) atoms. The fraction of sp³-hybridized carbons (Fsp3) is 0.500. The maximum Gasteiger partial charge on any atom is 0.176 e. The Kier molecular flexibility index (Phi) is 4.25. The van der Waals surface area contributed by atoms with E-state index in [2.05, 4.69) is 55.7 Å². The summed E-state index contributed by atoms with van der Waals surface area (Å²) in [6.45, 7) is 3.01. The van der Waals surface area contributed by atoms with Gasteiger partial charge >= 0.3 is 0 Å². The van der Waals surface area contributed by atoms with Crippen molar-refractivity contribution in [3.63, 3.8) is 0 Å². The molecule has 1 N–H and O–H groups in total. The van der Waals surface area contributed by atoms with Crippen LogP contribution in [0.15, 0.2) is 15.9 Å². The predicted octanol–water partition coefficient (Wildman–Crippen LogP) is 1.93. The summed E-state index contributed by atoms with van der Waals surface area (Å²) < 4.78 is 1.14. The van der Waals surface area contributed by atoms with Crippen molar-refractivity contribution in [3.8, 4) is 0 Å². The van der Waals surface area contributed by atoms with Gasteiger partial charge in [0.05, 0.1) is 10.8 Å². The lowest BCUT2D eigenvalue weighted by molar-refractivity contribution is 0.542. The van der Waals surface area contributed by atoms with Crippen molar-refractivity contribution in [1.82, 2.24) is 25.5 Å². The molecule has 2 heterocycles. The molecule has 0 amide bonds. The number of likely N-dealkylation sites (N-methyl/N-ethyl adjacent to an activating group) is 1. The minimum Gasteiger partial charge on any atom is -0.309 e. The van der Waals surface area contributed by atoms with Crippen LogP contribution in [-0.4, -0.2) is 26.8 Å². The standard InChI is InChI=1S/C10H14BrN5S/c1-3-12-7(8-4-5-9(11)17-8)6-10-13-15-16(2)14-10/h4-5,7,12H,3,6H2,1-2H3. The van der Waals surface area contributed by atoms with E-state index in [1.807, 2.05) is 0 Å². The van der Waals surface area contributed by atoms with Gasteiger partial charge in [0.2, 0.25) is 0 Å². The Bertz CT molecular complexity index is 481. The Morgan fingerprint density at radius 1 is 1.53 bits per heavy atom. The lowest BCUT2D eigenvalue weighted by atomic mass is 10.1. The Morgan fingerprint density at radius 2 is 2.35 bits per heavy atom. The molecule has 92 valence electrons. The molecular formula is C10H14BrN5S. The molecule has 0 saturated carbocycles. The SMILES string of the molecule is CCNC(Cc1nnn(C)n1)c1ccc(Br)s1. The zero-order valence-corrected chi connectivity index (χ0v) is 12.1. The first-order chi connectivity index (χ1) is 8.19. The van der Waals surface area contributed by atoms with Crippen LogP contribution in [0.2, 0.25) is 0 Å². The first-order valence-corrected chi connectivity index (χ1v) is 7.01. The molecule has 0 aliphatic heterocycles. The molecule has 2 aromatic rings. The van der Waals surface area contributed by atoms with E-state index in [0.29, 0.717) is 0 Å². The molecule has 1 atom stereocenters. The first-order valence-electron chi connectivity index (χ1n) is 5.40. The number of halogens is 1. The summed E-state index contributed by atoms with van der Waals surface area (Å²) in [5.41, 5.74) is 0. The zero-order chi connectivity index (χ0) is 12.3. The highest BCUT2D eigenvalue weighted by molar-refractivity contribution is 9.11. The molecule has 2 aromatic heterocycles. The van der Waals surface area contributed by atoms with Crippen molar-refractivity contribution in [2.75, 3.05) is 6.54 Å². The summed E-state index contributed by atoms with van der Waals surface area (Å²) in [6, 6.07) is 4.44. The lowest BCUT2D eigenvalue weighted by Crippen LogP contribution is -2.22. The van der Waals surface area contributed by atoms with Gasteiger partial charge in [-0.05, 0) is 39.8 Å². The van der Waals surface area contributed by atoms with Crippen LogP contribution in [0.4, 0.5) is 0 Å². The molecule has 0 aliphatic carbocycles. The summed E-state index contributed by atoms with van der Waals surface area (Å²) in [5.74, 6) is 0.767. The molecule has 5 nitrogen and oxygen atoms in total. The van der Waals surface area contributed by atoms with Gasteiger partial charge in [0.1, 0.15) is 0 Å². The number of aryl methyl sites for hydroxylation is 1. The Morgan fingerprint density at radius 3 is 2.88 bits per heavy atom. The molecular weight excluding hydrogens is 302 g/mol. The van der Waals surface area contributed by atoms with E-state index in [9.17, 15) is 0 Å². The highest BCUT2D eigenvalue weighted by atomic mass is 79.9. The average molecular weight is 316 g/mol. The van der Waals surface area contributed by atoms with E-state index in [4.69, 9.17) is 0 Å². The normalized spacial score (nSPS) is 12.9. The van der Waals surface area contributed by atoms with Crippen LogP contribution in [0.25, 0.3) is 0 Å². The molecule has 0 aliphatic rings. The highest BCUT2D eigenvalue weighted by Gasteiger charge is 2.15. The van der Waals surface area contributed by atoms with Gasteiger partial charge < -0.3 is 5.32 Å². The van der Waals surface area contributed by atoms with Gasteiger partial charge in [-0.15, -0.1) is 21.5 Å². The third kappa shape index (κ3) is 3.34. The average Bonchev–Trinajstić information content (AvgIpc) is 2.87. The van der Waals surface area contributed by atoms with Gasteiger partial charge in [0.15, 0.2) is 5.82 Å². The second-order valence-corrected chi connectivity index (χ2v) is 6.15. The monoisotopic (exact) mass is 315 g/mol. The topological polar surface area (TPSA) is 55.6 Å². The molecule has 2 rings (SSSR count). The molecule has 7 heteroatoms. The maximum absolute atomic E-state index is 4.21. The molecule has 1 unspecified atom stereocenters. The number of rotatable bonds is 5. The third-order valence-corrected chi connectivity index (χ3v) is 4.06. The van der Waals surface area contributed by atoms with E-state index in [-0.39, 0.29) is 6.04 Å². The molecule has 0 aromatic carbocycles.